The number of hydrogen-bond acceptors (Lipinski definition) is 3. The Morgan fingerprint density at radius 1 is 1.44 bits per heavy atom. The van der Waals surface area contributed by atoms with E-state index < -0.39 is 0 Å². The first kappa shape index (κ1) is 13.5. The van der Waals surface area contributed by atoms with Gasteiger partial charge in [-0.3, -0.25) is 4.79 Å². The maximum absolute atomic E-state index is 11.0. The Labute approximate surface area is 98.0 Å². The van der Waals surface area contributed by atoms with Gasteiger partial charge < -0.3 is 15.3 Å². The molecule has 1 fully saturated rings. The van der Waals surface area contributed by atoms with Crippen LogP contribution in [0.25, 0.3) is 0 Å². The van der Waals surface area contributed by atoms with E-state index in [1.807, 2.05) is 0 Å². The minimum absolute atomic E-state index is 0.0760. The van der Waals surface area contributed by atoms with Gasteiger partial charge in [0.05, 0.1) is 0 Å². The number of piperidine rings is 1. The largest absolute Gasteiger partial charge is 0.396 e. The fraction of sp³-hybridized carbons (Fsp3) is 0.917. The summed E-state index contributed by atoms with van der Waals surface area (Å²) in [4.78, 5) is 13.4. The molecule has 1 unspecified atom stereocenters. The summed E-state index contributed by atoms with van der Waals surface area (Å²) in [5.74, 6) is 0.0760. The number of carbonyl (C=O) groups is 1. The van der Waals surface area contributed by atoms with Crippen LogP contribution in [0.15, 0.2) is 0 Å². The number of likely N-dealkylation sites (tertiary alicyclic amines) is 1. The van der Waals surface area contributed by atoms with E-state index in [4.69, 9.17) is 5.11 Å². The molecule has 1 atom stereocenters. The van der Waals surface area contributed by atoms with Crippen LogP contribution < -0.4 is 5.32 Å². The van der Waals surface area contributed by atoms with Crippen LogP contribution in [0.4, 0.5) is 0 Å². The van der Waals surface area contributed by atoms with Gasteiger partial charge in [-0.05, 0) is 45.2 Å². The topological polar surface area (TPSA) is 52.6 Å². The summed E-state index contributed by atoms with van der Waals surface area (Å²) in [7, 11) is 0. The van der Waals surface area contributed by atoms with Crippen molar-refractivity contribution in [1.82, 2.24) is 10.2 Å². The van der Waals surface area contributed by atoms with Gasteiger partial charge in [-0.15, -0.1) is 0 Å². The molecule has 0 aromatic rings. The summed E-state index contributed by atoms with van der Waals surface area (Å²) < 4.78 is 0. The Morgan fingerprint density at radius 2 is 2.25 bits per heavy atom. The van der Waals surface area contributed by atoms with Crippen molar-refractivity contribution in [2.75, 3.05) is 26.2 Å². The van der Waals surface area contributed by atoms with Crippen molar-refractivity contribution < 1.29 is 9.90 Å². The minimum Gasteiger partial charge on any atom is -0.396 e. The number of hydrogen-bond donors (Lipinski definition) is 2. The summed E-state index contributed by atoms with van der Waals surface area (Å²) in [6.45, 7) is 5.11. The molecule has 1 heterocycles. The molecule has 4 nitrogen and oxygen atoms in total. The zero-order chi connectivity index (χ0) is 11.8. The van der Waals surface area contributed by atoms with E-state index >= 15 is 0 Å². The summed E-state index contributed by atoms with van der Waals surface area (Å²) in [6.07, 6.45) is 5.42. The summed E-state index contributed by atoms with van der Waals surface area (Å²) >= 11 is 0. The number of aliphatic hydroxyl groups is 1. The third-order valence-electron chi connectivity index (χ3n) is 3.05. The molecule has 0 aromatic heterocycles. The normalized spacial score (nSPS) is 22.0. The molecule has 0 saturated carbocycles. The van der Waals surface area contributed by atoms with Crippen LogP contribution in [-0.2, 0) is 4.79 Å². The highest BCUT2D eigenvalue weighted by molar-refractivity contribution is 5.73. The standard InChI is InChI=1S/C12H24N2O2/c1-11(16)13-12-6-5-8-14(10-12)7-3-2-4-9-15/h12,15H,2-10H2,1H3,(H,13,16). The smallest absolute Gasteiger partial charge is 0.217 e. The molecule has 1 aliphatic rings. The third kappa shape index (κ3) is 5.47. The SMILES string of the molecule is CC(=O)NC1CCCN(CCCCCO)C1. The van der Waals surface area contributed by atoms with E-state index in [0.29, 0.717) is 12.6 Å². The zero-order valence-electron chi connectivity index (χ0n) is 10.2. The number of aliphatic hydroxyl groups excluding tert-OH is 1. The molecular formula is C12H24N2O2. The number of unbranched alkanes of at least 4 members (excludes halogenated alkanes) is 2. The molecule has 0 aliphatic carbocycles. The van der Waals surface area contributed by atoms with Gasteiger partial charge in [0.2, 0.25) is 5.91 Å². The van der Waals surface area contributed by atoms with Crippen molar-refractivity contribution in [1.29, 1.82) is 0 Å². The second-order valence-corrected chi connectivity index (χ2v) is 4.62. The first-order chi connectivity index (χ1) is 7.72. The lowest BCUT2D eigenvalue weighted by atomic mass is 10.1. The fourth-order valence-corrected chi connectivity index (χ4v) is 2.29. The average molecular weight is 228 g/mol. The lowest BCUT2D eigenvalue weighted by Crippen LogP contribution is -2.47. The molecule has 0 aromatic carbocycles. The first-order valence-corrected chi connectivity index (χ1v) is 6.32. The van der Waals surface area contributed by atoms with Crippen molar-refractivity contribution >= 4 is 5.91 Å². The van der Waals surface area contributed by atoms with Crippen molar-refractivity contribution in [3.63, 3.8) is 0 Å². The third-order valence-corrected chi connectivity index (χ3v) is 3.05. The van der Waals surface area contributed by atoms with E-state index in [2.05, 4.69) is 10.2 Å². The molecule has 0 radical (unpaired) electrons. The van der Waals surface area contributed by atoms with E-state index in [1.54, 1.807) is 6.92 Å². The molecule has 16 heavy (non-hydrogen) atoms. The van der Waals surface area contributed by atoms with Crippen LogP contribution in [0.5, 0.6) is 0 Å². The van der Waals surface area contributed by atoms with Gasteiger partial charge in [0, 0.05) is 26.1 Å². The highest BCUT2D eigenvalue weighted by Crippen LogP contribution is 2.11. The van der Waals surface area contributed by atoms with Crippen molar-refractivity contribution in [2.24, 2.45) is 0 Å². The lowest BCUT2D eigenvalue weighted by Gasteiger charge is -2.32. The lowest BCUT2D eigenvalue weighted by molar-refractivity contribution is -0.120. The van der Waals surface area contributed by atoms with Gasteiger partial charge in [0.15, 0.2) is 0 Å². The zero-order valence-corrected chi connectivity index (χ0v) is 10.2. The predicted molar refractivity (Wildman–Crippen MR) is 64.2 cm³/mol. The van der Waals surface area contributed by atoms with Gasteiger partial charge in [0.1, 0.15) is 0 Å². The van der Waals surface area contributed by atoms with Crippen LogP contribution >= 0.6 is 0 Å². The monoisotopic (exact) mass is 228 g/mol. The number of nitrogens with zero attached hydrogens (tertiary/aromatic N) is 1. The maximum Gasteiger partial charge on any atom is 0.217 e. The van der Waals surface area contributed by atoms with Crippen LogP contribution in [0.2, 0.25) is 0 Å². The van der Waals surface area contributed by atoms with Crippen molar-refractivity contribution in [3.05, 3.63) is 0 Å². The van der Waals surface area contributed by atoms with Gasteiger partial charge in [-0.1, -0.05) is 0 Å². The summed E-state index contributed by atoms with van der Waals surface area (Å²) in [5, 5.41) is 11.7. The molecule has 1 rings (SSSR count). The molecule has 4 heteroatoms. The van der Waals surface area contributed by atoms with Crippen molar-refractivity contribution in [3.8, 4) is 0 Å². The van der Waals surface area contributed by atoms with Gasteiger partial charge >= 0.3 is 0 Å². The first-order valence-electron chi connectivity index (χ1n) is 6.32. The summed E-state index contributed by atoms with van der Waals surface area (Å²) in [5.41, 5.74) is 0. The van der Waals surface area contributed by atoms with Crippen LogP contribution in [0.1, 0.15) is 39.0 Å². The maximum atomic E-state index is 11.0. The second-order valence-electron chi connectivity index (χ2n) is 4.62. The molecule has 1 aliphatic heterocycles. The highest BCUT2D eigenvalue weighted by atomic mass is 16.2. The molecule has 1 saturated heterocycles. The van der Waals surface area contributed by atoms with Crippen LogP contribution in [0, 0.1) is 0 Å². The predicted octanol–water partition coefficient (Wildman–Crippen LogP) is 0.749. The Morgan fingerprint density at radius 3 is 2.94 bits per heavy atom. The number of carbonyl (C=O) groups excluding carboxylic acids is 1. The van der Waals surface area contributed by atoms with E-state index in [-0.39, 0.29) is 5.91 Å². The highest BCUT2D eigenvalue weighted by Gasteiger charge is 2.19. The van der Waals surface area contributed by atoms with Gasteiger partial charge in [0.25, 0.3) is 0 Å². The average Bonchev–Trinajstić information content (AvgIpc) is 2.24. The van der Waals surface area contributed by atoms with E-state index in [1.165, 1.54) is 6.42 Å². The Hall–Kier alpha value is -0.610. The second kappa shape index (κ2) is 7.63. The summed E-state index contributed by atoms with van der Waals surface area (Å²) in [6, 6.07) is 0.337. The molecule has 2 N–H and O–H groups in total. The molecular weight excluding hydrogens is 204 g/mol. The Kier molecular flexibility index (Phi) is 6.42. The molecule has 94 valence electrons. The van der Waals surface area contributed by atoms with Gasteiger partial charge in [-0.25, -0.2) is 0 Å². The fourth-order valence-electron chi connectivity index (χ4n) is 2.29. The van der Waals surface area contributed by atoms with E-state index in [0.717, 1.165) is 45.3 Å². The van der Waals surface area contributed by atoms with Crippen LogP contribution in [-0.4, -0.2) is 48.2 Å². The Bertz CT molecular complexity index is 209. The molecule has 0 spiro atoms. The molecule has 0 bridgehead atoms. The quantitative estimate of drug-likeness (QED) is 0.660. The minimum atomic E-state index is 0.0760. The van der Waals surface area contributed by atoms with Gasteiger partial charge in [-0.2, -0.15) is 0 Å². The van der Waals surface area contributed by atoms with E-state index in [9.17, 15) is 4.79 Å². The Balaban J connectivity index is 2.14. The van der Waals surface area contributed by atoms with Crippen LogP contribution in [0.3, 0.4) is 0 Å². The molecule has 1 amide bonds. The number of nitrogens with one attached hydrogen (secondary N) is 1. The number of amides is 1. The number of rotatable bonds is 6. The van der Waals surface area contributed by atoms with Crippen molar-refractivity contribution in [2.45, 2.75) is 45.1 Å².